The second kappa shape index (κ2) is 4.15. The highest BCUT2D eigenvalue weighted by Gasteiger charge is 2.32. The predicted molar refractivity (Wildman–Crippen MR) is 59.3 cm³/mol. The number of imidazole rings is 1. The Kier molecular flexibility index (Phi) is 3.00. The van der Waals surface area contributed by atoms with Crippen LogP contribution < -0.4 is 5.73 Å². The molecule has 0 bridgehead atoms. The van der Waals surface area contributed by atoms with Crippen molar-refractivity contribution in [1.29, 1.82) is 0 Å². The number of aryl methyl sites for hydroxylation is 1. The first-order valence-electron chi connectivity index (χ1n) is 5.31. The smallest absolute Gasteiger partial charge is 0.262 e. The maximum Gasteiger partial charge on any atom is 0.262 e. The van der Waals surface area contributed by atoms with Crippen molar-refractivity contribution in [1.82, 2.24) is 13.9 Å². The van der Waals surface area contributed by atoms with E-state index >= 15 is 0 Å². The Morgan fingerprint density at radius 2 is 2.38 bits per heavy atom. The topological polar surface area (TPSA) is 81.2 Å². The highest BCUT2D eigenvalue weighted by atomic mass is 32.2. The van der Waals surface area contributed by atoms with Crippen molar-refractivity contribution in [3.05, 3.63) is 12.5 Å². The summed E-state index contributed by atoms with van der Waals surface area (Å²) in [5.74, 6) is 0. The van der Waals surface area contributed by atoms with Gasteiger partial charge in [0.1, 0.15) is 0 Å². The van der Waals surface area contributed by atoms with Gasteiger partial charge in [0.15, 0.2) is 5.03 Å². The zero-order valence-electron chi connectivity index (χ0n) is 9.20. The molecule has 1 atom stereocenters. The average molecular weight is 244 g/mol. The molecule has 2 heterocycles. The number of nitrogens with zero attached hydrogens (tertiary/aromatic N) is 3. The average Bonchev–Trinajstić information content (AvgIpc) is 2.85. The van der Waals surface area contributed by atoms with E-state index in [0.717, 1.165) is 0 Å². The van der Waals surface area contributed by atoms with Crippen LogP contribution in [0.1, 0.15) is 13.3 Å². The lowest BCUT2D eigenvalue weighted by Crippen LogP contribution is -2.32. The first-order chi connectivity index (χ1) is 7.54. The van der Waals surface area contributed by atoms with E-state index in [4.69, 9.17) is 5.73 Å². The van der Waals surface area contributed by atoms with Gasteiger partial charge in [0, 0.05) is 31.9 Å². The minimum atomic E-state index is -3.44. The van der Waals surface area contributed by atoms with Gasteiger partial charge in [-0.15, -0.1) is 0 Å². The van der Waals surface area contributed by atoms with Crippen LogP contribution in [-0.2, 0) is 16.6 Å². The van der Waals surface area contributed by atoms with Crippen molar-refractivity contribution < 1.29 is 8.42 Å². The molecular formula is C9H16N4O2S. The third-order valence-corrected chi connectivity index (χ3v) is 4.52. The summed E-state index contributed by atoms with van der Waals surface area (Å²) in [6.07, 6.45) is 3.80. The third-order valence-electron chi connectivity index (χ3n) is 2.77. The van der Waals surface area contributed by atoms with Gasteiger partial charge in [-0.05, 0) is 13.3 Å². The molecule has 0 unspecified atom stereocenters. The Labute approximate surface area is 95.1 Å². The molecule has 1 aromatic rings. The van der Waals surface area contributed by atoms with Gasteiger partial charge in [0.2, 0.25) is 0 Å². The predicted octanol–water partition coefficient (Wildman–Crippen LogP) is -0.375. The minimum Gasteiger partial charge on any atom is -0.336 e. The summed E-state index contributed by atoms with van der Waals surface area (Å²) in [7, 11) is -3.44. The van der Waals surface area contributed by atoms with Crippen molar-refractivity contribution in [2.45, 2.75) is 31.0 Å². The van der Waals surface area contributed by atoms with Gasteiger partial charge in [-0.2, -0.15) is 4.31 Å². The zero-order chi connectivity index (χ0) is 11.8. The fourth-order valence-corrected chi connectivity index (χ4v) is 3.20. The lowest BCUT2D eigenvalue weighted by Gasteiger charge is -2.13. The second-order valence-electron chi connectivity index (χ2n) is 3.95. The Hall–Kier alpha value is -0.920. The van der Waals surface area contributed by atoms with E-state index in [2.05, 4.69) is 4.98 Å². The van der Waals surface area contributed by atoms with Crippen LogP contribution in [0, 0.1) is 0 Å². The number of rotatable bonds is 3. The Morgan fingerprint density at radius 1 is 1.62 bits per heavy atom. The van der Waals surface area contributed by atoms with Crippen LogP contribution in [0.25, 0.3) is 0 Å². The summed E-state index contributed by atoms with van der Waals surface area (Å²) in [6, 6.07) is -0.0527. The summed E-state index contributed by atoms with van der Waals surface area (Å²) in [5, 5.41) is 0.114. The van der Waals surface area contributed by atoms with Crippen LogP contribution in [0.5, 0.6) is 0 Å². The van der Waals surface area contributed by atoms with Crippen molar-refractivity contribution >= 4 is 10.0 Å². The zero-order valence-corrected chi connectivity index (χ0v) is 10.0. The molecule has 1 aliphatic heterocycles. The van der Waals surface area contributed by atoms with Gasteiger partial charge in [0.05, 0.1) is 6.33 Å². The Bertz CT molecular complexity index is 468. The monoisotopic (exact) mass is 244 g/mol. The van der Waals surface area contributed by atoms with Gasteiger partial charge in [-0.1, -0.05) is 0 Å². The van der Waals surface area contributed by atoms with Crippen molar-refractivity contribution in [3.8, 4) is 0 Å². The minimum absolute atomic E-state index is 0.0527. The maximum atomic E-state index is 12.1. The normalized spacial score (nSPS) is 22.8. The van der Waals surface area contributed by atoms with Crippen molar-refractivity contribution in [2.24, 2.45) is 5.73 Å². The molecule has 0 amide bonds. The van der Waals surface area contributed by atoms with E-state index in [-0.39, 0.29) is 11.1 Å². The molecule has 1 saturated heterocycles. The molecule has 6 nitrogen and oxygen atoms in total. The fourth-order valence-electron chi connectivity index (χ4n) is 1.75. The van der Waals surface area contributed by atoms with Crippen LogP contribution in [0.15, 0.2) is 17.6 Å². The van der Waals surface area contributed by atoms with Gasteiger partial charge in [-0.3, -0.25) is 0 Å². The molecule has 2 rings (SSSR count). The molecule has 0 aromatic carbocycles. The van der Waals surface area contributed by atoms with E-state index < -0.39 is 10.0 Å². The largest absolute Gasteiger partial charge is 0.336 e. The molecule has 2 N–H and O–H groups in total. The van der Waals surface area contributed by atoms with Crippen LogP contribution >= 0.6 is 0 Å². The first-order valence-corrected chi connectivity index (χ1v) is 6.75. The van der Waals surface area contributed by atoms with Gasteiger partial charge >= 0.3 is 0 Å². The van der Waals surface area contributed by atoms with Gasteiger partial charge < -0.3 is 10.3 Å². The van der Waals surface area contributed by atoms with Gasteiger partial charge in [0.25, 0.3) is 10.0 Å². The van der Waals surface area contributed by atoms with Crippen LogP contribution in [-0.4, -0.2) is 41.4 Å². The Morgan fingerprint density at radius 3 is 2.88 bits per heavy atom. The summed E-state index contributed by atoms with van der Waals surface area (Å²) in [4.78, 5) is 3.92. The number of hydrogen-bond donors (Lipinski definition) is 1. The Balaban J connectivity index is 2.25. The number of aromatic nitrogens is 2. The lowest BCUT2D eigenvalue weighted by molar-refractivity contribution is 0.470. The molecule has 16 heavy (non-hydrogen) atoms. The van der Waals surface area contributed by atoms with E-state index in [9.17, 15) is 8.42 Å². The SMILES string of the molecule is CCn1cnc(S(=O)(=O)N2CC[C@@H](N)C2)c1. The molecule has 0 aliphatic carbocycles. The summed E-state index contributed by atoms with van der Waals surface area (Å²) >= 11 is 0. The van der Waals surface area contributed by atoms with E-state index in [1.807, 2.05) is 6.92 Å². The summed E-state index contributed by atoms with van der Waals surface area (Å²) in [6.45, 7) is 3.52. The molecule has 90 valence electrons. The maximum absolute atomic E-state index is 12.1. The summed E-state index contributed by atoms with van der Waals surface area (Å²) in [5.41, 5.74) is 5.70. The van der Waals surface area contributed by atoms with Crippen LogP contribution in [0.4, 0.5) is 0 Å². The molecule has 0 radical (unpaired) electrons. The third kappa shape index (κ3) is 1.98. The van der Waals surface area contributed by atoms with Gasteiger partial charge in [-0.25, -0.2) is 13.4 Å². The summed E-state index contributed by atoms with van der Waals surface area (Å²) < 4.78 is 27.3. The van der Waals surface area contributed by atoms with Crippen molar-refractivity contribution in [2.75, 3.05) is 13.1 Å². The highest BCUT2D eigenvalue weighted by Crippen LogP contribution is 2.18. The van der Waals surface area contributed by atoms with E-state index in [0.29, 0.717) is 26.1 Å². The quantitative estimate of drug-likeness (QED) is 0.786. The van der Waals surface area contributed by atoms with E-state index in [1.54, 1.807) is 10.8 Å². The van der Waals surface area contributed by atoms with E-state index in [1.165, 1.54) is 10.6 Å². The highest BCUT2D eigenvalue weighted by molar-refractivity contribution is 7.89. The number of sulfonamides is 1. The molecule has 0 spiro atoms. The molecule has 0 saturated carbocycles. The molecule has 1 aromatic heterocycles. The second-order valence-corrected chi connectivity index (χ2v) is 5.84. The van der Waals surface area contributed by atoms with Crippen molar-refractivity contribution in [3.63, 3.8) is 0 Å². The lowest BCUT2D eigenvalue weighted by atomic mass is 10.3. The number of nitrogens with two attached hydrogens (primary N) is 1. The molecule has 1 fully saturated rings. The standard InChI is InChI=1S/C9H16N4O2S/c1-2-12-6-9(11-7-12)16(14,15)13-4-3-8(10)5-13/h6-8H,2-5,10H2,1H3/t8-/m1/s1. The van der Waals surface area contributed by atoms with Crippen LogP contribution in [0.3, 0.4) is 0 Å². The van der Waals surface area contributed by atoms with Crippen LogP contribution in [0.2, 0.25) is 0 Å². The number of hydrogen-bond acceptors (Lipinski definition) is 4. The fraction of sp³-hybridized carbons (Fsp3) is 0.667. The first kappa shape index (κ1) is 11.6. The molecule has 7 heteroatoms. The molecule has 1 aliphatic rings. The molecular weight excluding hydrogens is 228 g/mol.